The SMILES string of the molecule is C/C1=C\CC/C(C(=O)O[C@@H]2c3oc(CCc4ccccc4)cc(=O)c3[C@H](O)[C@@H](O)[C@H]2O)=C/CC(C)(C)/C=C/C1. The van der Waals surface area contributed by atoms with Crippen LogP contribution in [0.15, 0.2) is 81.1 Å². The van der Waals surface area contributed by atoms with Crippen LogP contribution >= 0.6 is 0 Å². The summed E-state index contributed by atoms with van der Waals surface area (Å²) in [7, 11) is 0. The highest BCUT2D eigenvalue weighted by molar-refractivity contribution is 5.88. The summed E-state index contributed by atoms with van der Waals surface area (Å²) in [6.45, 7) is 6.23. The molecule has 0 spiro atoms. The minimum Gasteiger partial charge on any atom is -0.461 e. The molecule has 4 atom stereocenters. The fourth-order valence-corrected chi connectivity index (χ4v) is 4.98. The van der Waals surface area contributed by atoms with Gasteiger partial charge in [0.2, 0.25) is 0 Å². The van der Waals surface area contributed by atoms with Gasteiger partial charge in [-0.3, -0.25) is 4.79 Å². The van der Waals surface area contributed by atoms with Gasteiger partial charge in [0.1, 0.15) is 24.1 Å². The zero-order valence-corrected chi connectivity index (χ0v) is 22.8. The molecule has 1 aromatic heterocycles. The number of aliphatic hydroxyl groups excluding tert-OH is 3. The van der Waals surface area contributed by atoms with Crippen molar-refractivity contribution in [2.24, 2.45) is 5.41 Å². The van der Waals surface area contributed by atoms with Gasteiger partial charge in [0, 0.05) is 18.1 Å². The first-order chi connectivity index (χ1) is 18.6. The number of carbonyl (C=O) groups is 1. The Kier molecular flexibility index (Phi) is 9.05. The van der Waals surface area contributed by atoms with Crippen LogP contribution < -0.4 is 5.43 Å². The molecule has 0 radical (unpaired) electrons. The van der Waals surface area contributed by atoms with Crippen LogP contribution in [-0.4, -0.2) is 33.5 Å². The number of ether oxygens (including phenoxy) is 1. The van der Waals surface area contributed by atoms with Gasteiger partial charge in [-0.25, -0.2) is 4.79 Å². The van der Waals surface area contributed by atoms with Crippen LogP contribution in [0.4, 0.5) is 0 Å². The average molecular weight is 535 g/mol. The molecule has 7 heteroatoms. The van der Waals surface area contributed by atoms with Gasteiger partial charge in [-0.05, 0) is 50.0 Å². The third kappa shape index (κ3) is 7.04. The Labute approximate surface area is 229 Å². The van der Waals surface area contributed by atoms with E-state index in [4.69, 9.17) is 9.15 Å². The molecule has 0 saturated heterocycles. The van der Waals surface area contributed by atoms with Crippen LogP contribution in [0.25, 0.3) is 0 Å². The summed E-state index contributed by atoms with van der Waals surface area (Å²) < 4.78 is 11.7. The summed E-state index contributed by atoms with van der Waals surface area (Å²) in [5.41, 5.74) is 1.79. The highest BCUT2D eigenvalue weighted by atomic mass is 16.6. The maximum atomic E-state index is 13.4. The van der Waals surface area contributed by atoms with Crippen LogP contribution in [0.5, 0.6) is 0 Å². The van der Waals surface area contributed by atoms with E-state index < -0.39 is 35.8 Å². The number of allylic oxidation sites excluding steroid dienone is 5. The molecule has 0 saturated carbocycles. The molecular weight excluding hydrogens is 496 g/mol. The molecule has 0 amide bonds. The number of carbonyl (C=O) groups excluding carboxylic acids is 1. The number of rotatable bonds is 5. The first kappa shape index (κ1) is 28.7. The Bertz CT molecular complexity index is 1320. The quantitative estimate of drug-likeness (QED) is 0.372. The summed E-state index contributed by atoms with van der Waals surface area (Å²) in [5.74, 6) is -0.445. The summed E-state index contributed by atoms with van der Waals surface area (Å²) in [5, 5.41) is 31.9. The molecule has 3 N–H and O–H groups in total. The Hall–Kier alpha value is -3.26. The Balaban J connectivity index is 1.63. The van der Waals surface area contributed by atoms with Gasteiger partial charge >= 0.3 is 5.97 Å². The van der Waals surface area contributed by atoms with E-state index in [-0.39, 0.29) is 16.7 Å². The van der Waals surface area contributed by atoms with Crippen molar-refractivity contribution < 1.29 is 29.3 Å². The molecule has 4 rings (SSSR count). The van der Waals surface area contributed by atoms with Crippen molar-refractivity contribution in [3.63, 3.8) is 0 Å². The molecular formula is C32H38O7. The van der Waals surface area contributed by atoms with Crippen molar-refractivity contribution in [1.82, 2.24) is 0 Å². The maximum Gasteiger partial charge on any atom is 0.334 e. The predicted octanol–water partition coefficient (Wildman–Crippen LogP) is 4.81. The van der Waals surface area contributed by atoms with Crippen LogP contribution in [-0.2, 0) is 22.4 Å². The third-order valence-electron chi connectivity index (χ3n) is 7.39. The number of aliphatic hydroxyl groups is 3. The zero-order valence-electron chi connectivity index (χ0n) is 22.8. The molecule has 208 valence electrons. The van der Waals surface area contributed by atoms with Crippen LogP contribution in [0.2, 0.25) is 0 Å². The molecule has 1 aromatic carbocycles. The van der Waals surface area contributed by atoms with Crippen molar-refractivity contribution in [1.29, 1.82) is 0 Å². The van der Waals surface area contributed by atoms with Gasteiger partial charge in [0.25, 0.3) is 0 Å². The predicted molar refractivity (Wildman–Crippen MR) is 148 cm³/mol. The Morgan fingerprint density at radius 1 is 1.08 bits per heavy atom. The van der Waals surface area contributed by atoms with Crippen molar-refractivity contribution in [3.05, 3.63) is 105 Å². The molecule has 2 aliphatic rings. The van der Waals surface area contributed by atoms with Gasteiger partial charge in [0.05, 0.1) is 5.56 Å². The van der Waals surface area contributed by atoms with Crippen molar-refractivity contribution in [2.45, 2.75) is 83.7 Å². The largest absolute Gasteiger partial charge is 0.461 e. The number of benzene rings is 1. The summed E-state index contributed by atoms with van der Waals surface area (Å²) >= 11 is 0. The lowest BCUT2D eigenvalue weighted by Crippen LogP contribution is -2.45. The Morgan fingerprint density at radius 3 is 2.56 bits per heavy atom. The number of hydrogen-bond donors (Lipinski definition) is 3. The standard InChI is InChI=1S/C32H38O7/c1-20-9-7-13-22(16-18-32(2,3)17-8-10-20)31(37)39-30-28(36)27(35)26(34)25-24(33)19-23(38-29(25)30)15-14-21-11-5-4-6-12-21/h4-6,8-9,11-12,16-17,19,26-28,30,34-36H,7,10,13-15,18H2,1-3H3/b17-8+,20-9+,22-16-/t26-,27+,28+,30-/m0/s1. The minimum absolute atomic E-state index is 0.125. The first-order valence-corrected chi connectivity index (χ1v) is 13.5. The van der Waals surface area contributed by atoms with Crippen LogP contribution in [0.1, 0.15) is 81.3 Å². The number of fused-ring (bicyclic) bond motifs is 1. The summed E-state index contributed by atoms with van der Waals surface area (Å²) in [4.78, 5) is 26.4. The van der Waals surface area contributed by atoms with E-state index in [0.717, 1.165) is 12.0 Å². The second kappa shape index (κ2) is 12.3. The van der Waals surface area contributed by atoms with Crippen molar-refractivity contribution >= 4 is 5.97 Å². The fourth-order valence-electron chi connectivity index (χ4n) is 4.98. The third-order valence-corrected chi connectivity index (χ3v) is 7.39. The van der Waals surface area contributed by atoms with Crippen LogP contribution in [0.3, 0.4) is 0 Å². The second-order valence-corrected chi connectivity index (χ2v) is 11.2. The lowest BCUT2D eigenvalue weighted by atomic mass is 9.86. The maximum absolute atomic E-state index is 13.4. The van der Waals surface area contributed by atoms with Gasteiger partial charge in [0.15, 0.2) is 17.3 Å². The van der Waals surface area contributed by atoms with Gasteiger partial charge in [-0.15, -0.1) is 0 Å². The first-order valence-electron chi connectivity index (χ1n) is 13.5. The minimum atomic E-state index is -1.72. The molecule has 0 fully saturated rings. The topological polar surface area (TPSA) is 117 Å². The van der Waals surface area contributed by atoms with E-state index in [1.165, 1.54) is 11.6 Å². The monoisotopic (exact) mass is 534 g/mol. The second-order valence-electron chi connectivity index (χ2n) is 11.2. The number of hydrogen-bond acceptors (Lipinski definition) is 7. The lowest BCUT2D eigenvalue weighted by Gasteiger charge is -2.35. The smallest absolute Gasteiger partial charge is 0.334 e. The summed E-state index contributed by atoms with van der Waals surface area (Å²) in [6.07, 6.45) is 5.26. The zero-order chi connectivity index (χ0) is 28.2. The summed E-state index contributed by atoms with van der Waals surface area (Å²) in [6, 6.07) is 11.0. The van der Waals surface area contributed by atoms with Gasteiger partial charge in [-0.2, -0.15) is 0 Å². The van der Waals surface area contributed by atoms with Crippen LogP contribution in [0, 0.1) is 5.41 Å². The highest BCUT2D eigenvalue weighted by Gasteiger charge is 2.46. The van der Waals surface area contributed by atoms with Crippen molar-refractivity contribution in [3.8, 4) is 0 Å². The van der Waals surface area contributed by atoms with E-state index in [1.54, 1.807) is 0 Å². The molecule has 0 aliphatic heterocycles. The molecule has 2 aliphatic carbocycles. The van der Waals surface area contributed by atoms with Gasteiger partial charge in [-0.1, -0.05) is 74.1 Å². The van der Waals surface area contributed by atoms with E-state index in [0.29, 0.717) is 43.4 Å². The van der Waals surface area contributed by atoms with Gasteiger partial charge < -0.3 is 24.5 Å². The molecule has 0 bridgehead atoms. The number of esters is 1. The average Bonchev–Trinajstić information content (AvgIpc) is 2.93. The molecule has 2 aromatic rings. The fraction of sp³-hybridized carbons (Fsp3) is 0.438. The van der Waals surface area contributed by atoms with Crippen molar-refractivity contribution in [2.75, 3.05) is 0 Å². The molecule has 39 heavy (non-hydrogen) atoms. The van der Waals surface area contributed by atoms with E-state index in [9.17, 15) is 24.9 Å². The normalized spacial score (nSPS) is 28.6. The molecule has 7 nitrogen and oxygen atoms in total. The lowest BCUT2D eigenvalue weighted by molar-refractivity contribution is -0.170. The highest BCUT2D eigenvalue weighted by Crippen LogP contribution is 2.38. The Morgan fingerprint density at radius 2 is 1.82 bits per heavy atom. The molecule has 1 heterocycles. The van der Waals surface area contributed by atoms with E-state index in [2.05, 4.69) is 39.0 Å². The van der Waals surface area contributed by atoms with E-state index in [1.807, 2.05) is 36.4 Å². The number of aryl methyl sites for hydroxylation is 2. The molecule has 0 unspecified atom stereocenters. The van der Waals surface area contributed by atoms with E-state index >= 15 is 0 Å².